The van der Waals surface area contributed by atoms with Gasteiger partial charge in [-0.25, -0.2) is 4.98 Å². The Kier molecular flexibility index (Phi) is 6.65. The van der Waals surface area contributed by atoms with Crippen molar-refractivity contribution in [2.45, 2.75) is 33.7 Å². The topological polar surface area (TPSA) is 67.2 Å². The molecule has 0 bridgehead atoms. The lowest BCUT2D eigenvalue weighted by Gasteiger charge is -2.20. The number of rotatable bonds is 8. The van der Waals surface area contributed by atoms with E-state index in [9.17, 15) is 9.59 Å². The maximum absolute atomic E-state index is 12.7. The molecule has 0 spiro atoms. The average molecular weight is 393 g/mol. The first-order chi connectivity index (χ1) is 14.0. The molecular weight excluding hydrogens is 364 g/mol. The molecule has 2 amide bonds. The summed E-state index contributed by atoms with van der Waals surface area (Å²) in [6, 6.07) is 15.3. The van der Waals surface area contributed by atoms with Crippen molar-refractivity contribution in [1.29, 1.82) is 0 Å². The van der Waals surface area contributed by atoms with Gasteiger partial charge in [0, 0.05) is 31.6 Å². The van der Waals surface area contributed by atoms with Crippen LogP contribution < -0.4 is 5.32 Å². The minimum absolute atomic E-state index is 0.0725. The lowest BCUT2D eigenvalue weighted by molar-refractivity contribution is -0.131. The van der Waals surface area contributed by atoms with E-state index in [0.717, 1.165) is 22.4 Å². The third-order valence-electron chi connectivity index (χ3n) is 5.17. The molecule has 29 heavy (non-hydrogen) atoms. The zero-order chi connectivity index (χ0) is 20.8. The average Bonchev–Trinajstić information content (AvgIpc) is 3.06. The quantitative estimate of drug-likeness (QED) is 0.640. The van der Waals surface area contributed by atoms with E-state index in [1.165, 1.54) is 0 Å². The zero-order valence-electron chi connectivity index (χ0n) is 17.3. The second-order valence-corrected chi connectivity index (χ2v) is 6.99. The predicted octanol–water partition coefficient (Wildman–Crippen LogP) is 3.19. The van der Waals surface area contributed by atoms with Crippen molar-refractivity contribution in [3.63, 3.8) is 0 Å². The molecule has 0 aliphatic heterocycles. The minimum Gasteiger partial charge on any atom is -0.352 e. The van der Waals surface area contributed by atoms with Crippen LogP contribution in [0.15, 0.2) is 48.5 Å². The van der Waals surface area contributed by atoms with Gasteiger partial charge in [0.25, 0.3) is 5.91 Å². The van der Waals surface area contributed by atoms with Crippen LogP contribution in [0.1, 0.15) is 35.6 Å². The molecule has 0 saturated heterocycles. The molecule has 0 unspecified atom stereocenters. The van der Waals surface area contributed by atoms with Gasteiger partial charge in [-0.15, -0.1) is 0 Å². The number of aromatic nitrogens is 2. The van der Waals surface area contributed by atoms with E-state index in [0.29, 0.717) is 31.6 Å². The molecule has 152 valence electrons. The molecule has 1 aromatic heterocycles. The van der Waals surface area contributed by atoms with Crippen molar-refractivity contribution < 1.29 is 9.59 Å². The van der Waals surface area contributed by atoms with Crippen molar-refractivity contribution in [2.75, 3.05) is 19.6 Å². The van der Waals surface area contributed by atoms with Crippen molar-refractivity contribution in [2.24, 2.45) is 0 Å². The van der Waals surface area contributed by atoms with Gasteiger partial charge in [-0.05, 0) is 44.5 Å². The summed E-state index contributed by atoms with van der Waals surface area (Å²) in [4.78, 5) is 31.7. The second kappa shape index (κ2) is 9.37. The third kappa shape index (κ3) is 4.65. The number of nitrogens with zero attached hydrogens (tertiary/aromatic N) is 3. The number of para-hydroxylation sites is 2. The van der Waals surface area contributed by atoms with E-state index in [1.807, 2.05) is 78.8 Å². The van der Waals surface area contributed by atoms with Gasteiger partial charge in [0.1, 0.15) is 12.4 Å². The highest BCUT2D eigenvalue weighted by atomic mass is 16.2. The Morgan fingerprint density at radius 1 is 1.03 bits per heavy atom. The van der Waals surface area contributed by atoms with Crippen molar-refractivity contribution in [3.8, 4) is 0 Å². The summed E-state index contributed by atoms with van der Waals surface area (Å²) in [5.74, 6) is 0.783. The Labute approximate surface area is 171 Å². The lowest BCUT2D eigenvalue weighted by atomic mass is 10.1. The van der Waals surface area contributed by atoms with E-state index in [2.05, 4.69) is 5.32 Å². The summed E-state index contributed by atoms with van der Waals surface area (Å²) in [7, 11) is 0. The number of fused-ring (bicyclic) bond motifs is 1. The summed E-state index contributed by atoms with van der Waals surface area (Å²) < 4.78 is 1.97. The molecule has 1 heterocycles. The van der Waals surface area contributed by atoms with E-state index >= 15 is 0 Å². The van der Waals surface area contributed by atoms with Gasteiger partial charge in [0.15, 0.2) is 0 Å². The Bertz CT molecular complexity index is 1010. The SMILES string of the molecule is CCN(CC)C(=O)Cn1c(CCNC(=O)c2ccccc2C)nc2ccccc21. The summed E-state index contributed by atoms with van der Waals surface area (Å²) in [6.07, 6.45) is 0.553. The van der Waals surface area contributed by atoms with Crippen LogP contribution >= 0.6 is 0 Å². The number of hydrogen-bond acceptors (Lipinski definition) is 3. The largest absolute Gasteiger partial charge is 0.352 e. The van der Waals surface area contributed by atoms with Crippen molar-refractivity contribution in [3.05, 3.63) is 65.5 Å². The lowest BCUT2D eigenvalue weighted by Crippen LogP contribution is -2.34. The molecule has 0 radical (unpaired) electrons. The maximum Gasteiger partial charge on any atom is 0.251 e. The van der Waals surface area contributed by atoms with Crippen molar-refractivity contribution in [1.82, 2.24) is 19.8 Å². The minimum atomic E-state index is -0.0926. The fourth-order valence-corrected chi connectivity index (χ4v) is 3.51. The Hall–Kier alpha value is -3.15. The number of likely N-dealkylation sites (N-methyl/N-ethyl adjacent to an activating group) is 1. The summed E-state index contributed by atoms with van der Waals surface area (Å²) >= 11 is 0. The molecule has 2 aromatic carbocycles. The Morgan fingerprint density at radius 2 is 1.72 bits per heavy atom. The Balaban J connectivity index is 1.76. The maximum atomic E-state index is 12.7. The third-order valence-corrected chi connectivity index (χ3v) is 5.17. The monoisotopic (exact) mass is 392 g/mol. The molecule has 6 heteroatoms. The normalized spacial score (nSPS) is 10.9. The number of hydrogen-bond donors (Lipinski definition) is 1. The van der Waals surface area contributed by atoms with Crippen LogP contribution in [0.2, 0.25) is 0 Å². The van der Waals surface area contributed by atoms with E-state index in [-0.39, 0.29) is 18.4 Å². The van der Waals surface area contributed by atoms with Gasteiger partial charge >= 0.3 is 0 Å². The smallest absolute Gasteiger partial charge is 0.251 e. The first kappa shape index (κ1) is 20.6. The molecule has 0 aliphatic carbocycles. The first-order valence-electron chi connectivity index (χ1n) is 10.1. The van der Waals surface area contributed by atoms with Gasteiger partial charge in [-0.1, -0.05) is 30.3 Å². The van der Waals surface area contributed by atoms with E-state index in [1.54, 1.807) is 0 Å². The van der Waals surface area contributed by atoms with Crippen LogP contribution in [0.5, 0.6) is 0 Å². The molecule has 3 aromatic rings. The highest BCUT2D eigenvalue weighted by Gasteiger charge is 2.17. The molecule has 6 nitrogen and oxygen atoms in total. The van der Waals surface area contributed by atoms with Crippen molar-refractivity contribution >= 4 is 22.8 Å². The number of carbonyl (C=O) groups is 2. The van der Waals surface area contributed by atoms with Crippen LogP contribution in [0.25, 0.3) is 11.0 Å². The number of amides is 2. The number of aryl methyl sites for hydroxylation is 1. The standard InChI is InChI=1S/C23H28N4O2/c1-4-26(5-2)22(28)16-27-20-13-9-8-12-19(20)25-21(27)14-15-24-23(29)18-11-7-6-10-17(18)3/h6-13H,4-5,14-16H2,1-3H3,(H,24,29). The summed E-state index contributed by atoms with van der Waals surface area (Å²) in [5.41, 5.74) is 3.42. The molecule has 0 saturated carbocycles. The summed E-state index contributed by atoms with van der Waals surface area (Å²) in [6.45, 7) is 7.96. The number of nitrogens with one attached hydrogen (secondary N) is 1. The van der Waals surface area contributed by atoms with Crippen LogP contribution in [0.4, 0.5) is 0 Å². The summed E-state index contributed by atoms with van der Waals surface area (Å²) in [5, 5.41) is 2.97. The van der Waals surface area contributed by atoms with Gasteiger partial charge in [0.05, 0.1) is 11.0 Å². The number of imidazole rings is 1. The van der Waals surface area contributed by atoms with E-state index < -0.39 is 0 Å². The first-order valence-corrected chi connectivity index (χ1v) is 10.1. The molecule has 0 fully saturated rings. The van der Waals surface area contributed by atoms with Gasteiger partial charge < -0.3 is 14.8 Å². The van der Waals surface area contributed by atoms with Crippen LogP contribution in [0, 0.1) is 6.92 Å². The molecule has 3 rings (SSSR count). The van der Waals surface area contributed by atoms with Gasteiger partial charge in [0.2, 0.25) is 5.91 Å². The fraction of sp³-hybridized carbons (Fsp3) is 0.348. The number of carbonyl (C=O) groups excluding carboxylic acids is 2. The van der Waals surface area contributed by atoms with Crippen LogP contribution in [-0.2, 0) is 17.8 Å². The zero-order valence-corrected chi connectivity index (χ0v) is 17.3. The number of benzene rings is 2. The molecule has 1 N–H and O–H groups in total. The second-order valence-electron chi connectivity index (χ2n) is 6.99. The van der Waals surface area contributed by atoms with E-state index in [4.69, 9.17) is 4.98 Å². The Morgan fingerprint density at radius 3 is 2.45 bits per heavy atom. The highest BCUT2D eigenvalue weighted by Crippen LogP contribution is 2.17. The molecular formula is C23H28N4O2. The molecule has 0 aliphatic rings. The fourth-order valence-electron chi connectivity index (χ4n) is 3.51. The molecule has 0 atom stereocenters. The van der Waals surface area contributed by atoms with Gasteiger partial charge in [-0.3, -0.25) is 9.59 Å². The predicted molar refractivity (Wildman–Crippen MR) is 115 cm³/mol. The van der Waals surface area contributed by atoms with Gasteiger partial charge in [-0.2, -0.15) is 0 Å². The highest BCUT2D eigenvalue weighted by molar-refractivity contribution is 5.95. The van der Waals surface area contributed by atoms with Crippen LogP contribution in [-0.4, -0.2) is 45.9 Å². The van der Waals surface area contributed by atoms with Crippen LogP contribution in [0.3, 0.4) is 0 Å².